The van der Waals surface area contributed by atoms with Gasteiger partial charge in [-0.3, -0.25) is 9.36 Å². The van der Waals surface area contributed by atoms with Crippen molar-refractivity contribution in [2.45, 2.75) is 51.0 Å². The maximum atomic E-state index is 12.8. The second-order valence-corrected chi connectivity index (χ2v) is 7.45. The number of rotatable bonds is 4. The van der Waals surface area contributed by atoms with Gasteiger partial charge in [-0.2, -0.15) is 5.10 Å². The van der Waals surface area contributed by atoms with Gasteiger partial charge in [0.1, 0.15) is 11.7 Å². The van der Waals surface area contributed by atoms with Gasteiger partial charge in [-0.15, -0.1) is 0 Å². The average Bonchev–Trinajstić information content (AvgIpc) is 3.34. The summed E-state index contributed by atoms with van der Waals surface area (Å²) in [4.78, 5) is 17.4. The van der Waals surface area contributed by atoms with Crippen LogP contribution < -0.4 is 5.56 Å². The molecule has 0 amide bonds. The van der Waals surface area contributed by atoms with Crippen molar-refractivity contribution in [3.05, 3.63) is 58.8 Å². The zero-order valence-electron chi connectivity index (χ0n) is 14.6. The fourth-order valence-corrected chi connectivity index (χ4v) is 4.43. The second-order valence-electron chi connectivity index (χ2n) is 7.45. The Morgan fingerprint density at radius 3 is 2.92 bits per heavy atom. The standard InChI is InChI=1S/C20H22N4O2/c25-20-17-10-22-24(11-14-5-2-1-3-6-14)19(17)21-13-23(20)12-16-9-15-7-4-8-18(15)26-16/h1-3,5-6,10,13,15-16,18H,4,7-9,11-12H2. The van der Waals surface area contributed by atoms with Crippen LogP contribution in [0.2, 0.25) is 0 Å². The minimum atomic E-state index is -0.0324. The molecule has 2 aliphatic rings. The summed E-state index contributed by atoms with van der Waals surface area (Å²) in [6.07, 6.45) is 8.57. The van der Waals surface area contributed by atoms with Gasteiger partial charge in [-0.25, -0.2) is 9.67 Å². The Labute approximate surface area is 151 Å². The summed E-state index contributed by atoms with van der Waals surface area (Å²) in [5, 5.41) is 4.95. The van der Waals surface area contributed by atoms with Crippen LogP contribution in [0.4, 0.5) is 0 Å². The predicted molar refractivity (Wildman–Crippen MR) is 98.0 cm³/mol. The molecule has 3 heterocycles. The highest BCUT2D eigenvalue weighted by Crippen LogP contribution is 2.39. The minimum absolute atomic E-state index is 0.0324. The van der Waals surface area contributed by atoms with Crippen molar-refractivity contribution in [2.75, 3.05) is 0 Å². The predicted octanol–water partition coefficient (Wildman–Crippen LogP) is 2.60. The topological polar surface area (TPSA) is 61.9 Å². The van der Waals surface area contributed by atoms with Gasteiger partial charge >= 0.3 is 0 Å². The van der Waals surface area contributed by atoms with Crippen LogP contribution in [0.1, 0.15) is 31.2 Å². The highest BCUT2D eigenvalue weighted by molar-refractivity contribution is 5.72. The van der Waals surface area contributed by atoms with Crippen LogP contribution in [0.3, 0.4) is 0 Å². The maximum Gasteiger partial charge on any atom is 0.264 e. The molecule has 0 N–H and O–H groups in total. The third-order valence-corrected chi connectivity index (χ3v) is 5.72. The number of nitrogens with zero attached hydrogens (tertiary/aromatic N) is 4. The molecule has 1 saturated heterocycles. The third kappa shape index (κ3) is 2.74. The van der Waals surface area contributed by atoms with E-state index >= 15 is 0 Å². The van der Waals surface area contributed by atoms with E-state index in [-0.39, 0.29) is 11.7 Å². The molecule has 5 rings (SSSR count). The molecule has 1 saturated carbocycles. The first-order chi connectivity index (χ1) is 12.8. The van der Waals surface area contributed by atoms with Crippen LogP contribution in [0.15, 0.2) is 47.7 Å². The van der Waals surface area contributed by atoms with Crippen molar-refractivity contribution in [1.82, 2.24) is 19.3 Å². The lowest BCUT2D eigenvalue weighted by molar-refractivity contribution is 0.0315. The quantitative estimate of drug-likeness (QED) is 0.726. The number of hydrogen-bond acceptors (Lipinski definition) is 4. The molecule has 3 atom stereocenters. The summed E-state index contributed by atoms with van der Waals surface area (Å²) in [5.74, 6) is 0.681. The summed E-state index contributed by atoms with van der Waals surface area (Å²) in [5.41, 5.74) is 1.74. The molecule has 0 bridgehead atoms. The molecule has 0 radical (unpaired) electrons. The van der Waals surface area contributed by atoms with E-state index < -0.39 is 0 Å². The molecular weight excluding hydrogens is 328 g/mol. The van der Waals surface area contributed by atoms with Crippen LogP contribution in [-0.2, 0) is 17.8 Å². The second kappa shape index (κ2) is 6.36. The first kappa shape index (κ1) is 15.8. The molecule has 6 heteroatoms. The molecule has 6 nitrogen and oxygen atoms in total. The van der Waals surface area contributed by atoms with Crippen LogP contribution in [0.5, 0.6) is 0 Å². The van der Waals surface area contributed by atoms with Crippen molar-refractivity contribution < 1.29 is 4.74 Å². The lowest BCUT2D eigenvalue weighted by Crippen LogP contribution is -2.27. The summed E-state index contributed by atoms with van der Waals surface area (Å²) in [6, 6.07) is 10.1. The van der Waals surface area contributed by atoms with Gasteiger partial charge < -0.3 is 4.74 Å². The number of benzene rings is 1. The minimum Gasteiger partial charge on any atom is -0.373 e. The number of fused-ring (bicyclic) bond motifs is 2. The number of aromatic nitrogens is 4. The molecule has 1 aliphatic carbocycles. The Morgan fingerprint density at radius 1 is 1.19 bits per heavy atom. The van der Waals surface area contributed by atoms with Gasteiger partial charge in [0.05, 0.1) is 31.5 Å². The first-order valence-corrected chi connectivity index (χ1v) is 9.38. The van der Waals surface area contributed by atoms with E-state index in [1.54, 1.807) is 21.8 Å². The first-order valence-electron chi connectivity index (χ1n) is 9.38. The van der Waals surface area contributed by atoms with Crippen LogP contribution in [0, 0.1) is 5.92 Å². The summed E-state index contributed by atoms with van der Waals surface area (Å²) < 4.78 is 9.60. The molecule has 3 aromatic rings. The third-order valence-electron chi connectivity index (χ3n) is 5.72. The zero-order valence-corrected chi connectivity index (χ0v) is 14.6. The van der Waals surface area contributed by atoms with E-state index in [1.165, 1.54) is 19.3 Å². The van der Waals surface area contributed by atoms with E-state index in [1.807, 2.05) is 30.3 Å². The maximum absolute atomic E-state index is 12.8. The Morgan fingerprint density at radius 2 is 2.08 bits per heavy atom. The van der Waals surface area contributed by atoms with E-state index in [0.717, 1.165) is 12.0 Å². The Bertz CT molecular complexity index is 966. The Hall–Kier alpha value is -2.47. The fraction of sp³-hybridized carbons (Fsp3) is 0.450. The van der Waals surface area contributed by atoms with Crippen LogP contribution in [0.25, 0.3) is 11.0 Å². The van der Waals surface area contributed by atoms with Gasteiger partial charge in [0.25, 0.3) is 5.56 Å². The Balaban J connectivity index is 1.39. The summed E-state index contributed by atoms with van der Waals surface area (Å²) >= 11 is 0. The Kier molecular flexibility index (Phi) is 3.85. The highest BCUT2D eigenvalue weighted by atomic mass is 16.5. The normalized spacial score (nSPS) is 25.0. The van der Waals surface area contributed by atoms with Crippen molar-refractivity contribution in [3.63, 3.8) is 0 Å². The van der Waals surface area contributed by atoms with Gasteiger partial charge in [0.15, 0.2) is 5.65 Å². The van der Waals surface area contributed by atoms with Gasteiger partial charge in [-0.05, 0) is 30.7 Å². The molecule has 0 spiro atoms. The number of hydrogen-bond donors (Lipinski definition) is 0. The van der Waals surface area contributed by atoms with E-state index in [9.17, 15) is 4.79 Å². The molecule has 134 valence electrons. The van der Waals surface area contributed by atoms with Crippen LogP contribution >= 0.6 is 0 Å². The molecular formula is C20H22N4O2. The summed E-state index contributed by atoms with van der Waals surface area (Å²) in [6.45, 7) is 1.19. The van der Waals surface area contributed by atoms with Crippen molar-refractivity contribution >= 4 is 11.0 Å². The van der Waals surface area contributed by atoms with Gasteiger partial charge in [0, 0.05) is 0 Å². The van der Waals surface area contributed by atoms with Crippen molar-refractivity contribution in [2.24, 2.45) is 5.92 Å². The highest BCUT2D eigenvalue weighted by Gasteiger charge is 2.38. The smallest absolute Gasteiger partial charge is 0.264 e. The lowest BCUT2D eigenvalue weighted by atomic mass is 10.0. The van der Waals surface area contributed by atoms with Crippen LogP contribution in [-0.4, -0.2) is 31.5 Å². The van der Waals surface area contributed by atoms with Crippen molar-refractivity contribution in [3.8, 4) is 0 Å². The molecule has 1 aromatic carbocycles. The molecule has 3 unspecified atom stereocenters. The molecule has 26 heavy (non-hydrogen) atoms. The SMILES string of the molecule is O=c1c2cnn(Cc3ccccc3)c2ncn1CC1CC2CCCC2O1. The average molecular weight is 350 g/mol. The van der Waals surface area contributed by atoms with E-state index in [4.69, 9.17) is 4.74 Å². The van der Waals surface area contributed by atoms with Gasteiger partial charge in [-0.1, -0.05) is 36.8 Å². The van der Waals surface area contributed by atoms with Crippen molar-refractivity contribution in [1.29, 1.82) is 0 Å². The summed E-state index contributed by atoms with van der Waals surface area (Å²) in [7, 11) is 0. The lowest BCUT2D eigenvalue weighted by Gasteiger charge is -2.14. The molecule has 2 aromatic heterocycles. The molecule has 1 aliphatic heterocycles. The zero-order chi connectivity index (χ0) is 17.5. The number of ether oxygens (including phenoxy) is 1. The van der Waals surface area contributed by atoms with Gasteiger partial charge in [0.2, 0.25) is 0 Å². The largest absolute Gasteiger partial charge is 0.373 e. The monoisotopic (exact) mass is 350 g/mol. The van der Waals surface area contributed by atoms with E-state index in [2.05, 4.69) is 10.1 Å². The fourth-order valence-electron chi connectivity index (χ4n) is 4.43. The van der Waals surface area contributed by atoms with E-state index in [0.29, 0.717) is 36.1 Å². The molecule has 2 fully saturated rings.